The molecule has 0 atom stereocenters. The fourth-order valence-corrected chi connectivity index (χ4v) is 2.39. The van der Waals surface area contributed by atoms with Gasteiger partial charge in [0.2, 0.25) is 0 Å². The Balaban J connectivity index is 1.83. The van der Waals surface area contributed by atoms with Crippen molar-refractivity contribution in [1.29, 1.82) is 0 Å². The van der Waals surface area contributed by atoms with Crippen molar-refractivity contribution in [3.63, 3.8) is 0 Å². The van der Waals surface area contributed by atoms with Gasteiger partial charge in [-0.3, -0.25) is 4.90 Å². The minimum Gasteiger partial charge on any atom is -0.311 e. The van der Waals surface area contributed by atoms with E-state index in [1.807, 2.05) is 0 Å². The third kappa shape index (κ3) is 3.26. The van der Waals surface area contributed by atoms with E-state index in [1.165, 1.54) is 23.5 Å². The average molecular weight is 225 g/mol. The van der Waals surface area contributed by atoms with Gasteiger partial charge in [-0.2, -0.15) is 0 Å². The molecule has 84 valence electrons. The zero-order chi connectivity index (χ0) is 10.7. The molecular formula is C11H19N3S. The van der Waals surface area contributed by atoms with E-state index >= 15 is 0 Å². The predicted octanol–water partition coefficient (Wildman–Crippen LogP) is 1.85. The molecule has 2 rings (SSSR count). The Hall–Kier alpha value is -0.450. The molecule has 1 fully saturated rings. The lowest BCUT2D eigenvalue weighted by Crippen LogP contribution is -2.20. The molecule has 0 saturated heterocycles. The molecule has 0 amide bonds. The minimum absolute atomic E-state index is 0.823. The summed E-state index contributed by atoms with van der Waals surface area (Å²) >= 11 is 1.76. The number of hydrogen-bond acceptors (Lipinski definition) is 4. The Kier molecular flexibility index (Phi) is 3.72. The molecular weight excluding hydrogens is 206 g/mol. The molecule has 1 aromatic heterocycles. The summed E-state index contributed by atoms with van der Waals surface area (Å²) < 4.78 is 0. The van der Waals surface area contributed by atoms with E-state index < -0.39 is 0 Å². The van der Waals surface area contributed by atoms with Crippen LogP contribution in [-0.4, -0.2) is 29.5 Å². The van der Waals surface area contributed by atoms with Crippen LogP contribution in [0.3, 0.4) is 0 Å². The van der Waals surface area contributed by atoms with Crippen molar-refractivity contribution in [2.24, 2.45) is 0 Å². The number of rotatable bonds is 6. The minimum atomic E-state index is 0.823. The molecule has 15 heavy (non-hydrogen) atoms. The number of thiazole rings is 1. The first kappa shape index (κ1) is 11.0. The van der Waals surface area contributed by atoms with Gasteiger partial charge in [0, 0.05) is 24.5 Å². The fourth-order valence-electron chi connectivity index (χ4n) is 1.63. The second-order valence-corrected chi connectivity index (χ2v) is 5.10. The number of nitrogens with zero attached hydrogens (tertiary/aromatic N) is 2. The summed E-state index contributed by atoms with van der Waals surface area (Å²) in [6.45, 7) is 5.05. The molecule has 0 unspecified atom stereocenters. The fraction of sp³-hybridized carbons (Fsp3) is 0.727. The maximum absolute atomic E-state index is 4.61. The van der Waals surface area contributed by atoms with Crippen molar-refractivity contribution < 1.29 is 0 Å². The summed E-state index contributed by atoms with van der Waals surface area (Å²) in [6.07, 6.45) is 2.73. The Morgan fingerprint density at radius 2 is 2.40 bits per heavy atom. The van der Waals surface area contributed by atoms with Gasteiger partial charge in [-0.25, -0.2) is 4.98 Å². The highest BCUT2D eigenvalue weighted by molar-refractivity contribution is 7.09. The van der Waals surface area contributed by atoms with Crippen molar-refractivity contribution in [2.75, 3.05) is 13.6 Å². The van der Waals surface area contributed by atoms with Gasteiger partial charge < -0.3 is 5.32 Å². The summed E-state index contributed by atoms with van der Waals surface area (Å²) in [5, 5.41) is 6.69. The normalized spacial score (nSPS) is 16.2. The number of aromatic nitrogens is 1. The van der Waals surface area contributed by atoms with Gasteiger partial charge in [0.05, 0.1) is 5.69 Å². The van der Waals surface area contributed by atoms with Gasteiger partial charge in [-0.15, -0.1) is 11.3 Å². The summed E-state index contributed by atoms with van der Waals surface area (Å²) in [6, 6.07) is 0.823. The third-order valence-electron chi connectivity index (χ3n) is 2.71. The van der Waals surface area contributed by atoms with Gasteiger partial charge in [-0.1, -0.05) is 6.92 Å². The van der Waals surface area contributed by atoms with Crippen molar-refractivity contribution in [2.45, 2.75) is 38.9 Å². The molecule has 1 aliphatic carbocycles. The Labute approximate surface area is 95.5 Å². The van der Waals surface area contributed by atoms with Crippen LogP contribution in [0.2, 0.25) is 0 Å². The van der Waals surface area contributed by atoms with Gasteiger partial charge in [0.25, 0.3) is 0 Å². The van der Waals surface area contributed by atoms with E-state index in [0.717, 1.165) is 25.7 Å². The van der Waals surface area contributed by atoms with E-state index in [9.17, 15) is 0 Å². The van der Waals surface area contributed by atoms with E-state index in [2.05, 4.69) is 34.6 Å². The highest BCUT2D eigenvalue weighted by atomic mass is 32.1. The number of hydrogen-bond donors (Lipinski definition) is 1. The Bertz CT molecular complexity index is 307. The zero-order valence-electron chi connectivity index (χ0n) is 9.49. The molecule has 4 heteroatoms. The zero-order valence-corrected chi connectivity index (χ0v) is 10.3. The van der Waals surface area contributed by atoms with E-state index in [4.69, 9.17) is 0 Å². The SMILES string of the molecule is CCNCc1nc(CN(C)C2CC2)cs1. The van der Waals surface area contributed by atoms with Crippen LogP contribution in [0.25, 0.3) is 0 Å². The van der Waals surface area contributed by atoms with Crippen molar-refractivity contribution in [3.8, 4) is 0 Å². The lowest BCUT2D eigenvalue weighted by Gasteiger charge is -2.13. The highest BCUT2D eigenvalue weighted by Gasteiger charge is 2.26. The molecule has 1 aromatic rings. The second kappa shape index (κ2) is 5.05. The van der Waals surface area contributed by atoms with Crippen LogP contribution in [-0.2, 0) is 13.1 Å². The third-order valence-corrected chi connectivity index (χ3v) is 3.60. The molecule has 0 spiro atoms. The first-order valence-corrected chi connectivity index (χ1v) is 6.51. The quantitative estimate of drug-likeness (QED) is 0.801. The number of nitrogens with one attached hydrogen (secondary N) is 1. The molecule has 3 nitrogen and oxygen atoms in total. The monoisotopic (exact) mass is 225 g/mol. The largest absolute Gasteiger partial charge is 0.311 e. The summed E-state index contributed by atoms with van der Waals surface area (Å²) in [5.74, 6) is 0. The maximum Gasteiger partial charge on any atom is 0.107 e. The molecule has 1 aliphatic rings. The summed E-state index contributed by atoms with van der Waals surface area (Å²) in [4.78, 5) is 7.02. The van der Waals surface area contributed by atoms with Gasteiger partial charge >= 0.3 is 0 Å². The summed E-state index contributed by atoms with van der Waals surface area (Å²) in [7, 11) is 2.20. The molecule has 0 aliphatic heterocycles. The highest BCUT2D eigenvalue weighted by Crippen LogP contribution is 2.26. The first-order valence-electron chi connectivity index (χ1n) is 5.64. The Morgan fingerprint density at radius 3 is 3.07 bits per heavy atom. The molecule has 1 N–H and O–H groups in total. The van der Waals surface area contributed by atoms with Crippen LogP contribution in [0.15, 0.2) is 5.38 Å². The Morgan fingerprint density at radius 1 is 1.60 bits per heavy atom. The molecule has 1 heterocycles. The van der Waals surface area contributed by atoms with Crippen LogP contribution in [0, 0.1) is 0 Å². The standard InChI is InChI=1S/C11H19N3S/c1-3-12-6-11-13-9(8-15-11)7-14(2)10-4-5-10/h8,10,12H,3-7H2,1-2H3. The van der Waals surface area contributed by atoms with Crippen LogP contribution >= 0.6 is 11.3 Å². The first-order chi connectivity index (χ1) is 7.29. The molecule has 0 bridgehead atoms. The van der Waals surface area contributed by atoms with Gasteiger partial charge in [-0.05, 0) is 26.4 Å². The smallest absolute Gasteiger partial charge is 0.107 e. The second-order valence-electron chi connectivity index (χ2n) is 4.16. The van der Waals surface area contributed by atoms with Gasteiger partial charge in [0.1, 0.15) is 5.01 Å². The van der Waals surface area contributed by atoms with Gasteiger partial charge in [0.15, 0.2) is 0 Å². The average Bonchev–Trinajstić information content (AvgIpc) is 2.99. The molecule has 1 saturated carbocycles. The lowest BCUT2D eigenvalue weighted by atomic mass is 10.4. The van der Waals surface area contributed by atoms with E-state index in [1.54, 1.807) is 11.3 Å². The topological polar surface area (TPSA) is 28.2 Å². The van der Waals surface area contributed by atoms with Crippen LogP contribution in [0.1, 0.15) is 30.5 Å². The van der Waals surface area contributed by atoms with Crippen LogP contribution in [0.4, 0.5) is 0 Å². The summed E-state index contributed by atoms with van der Waals surface area (Å²) in [5.41, 5.74) is 1.22. The molecule has 0 aromatic carbocycles. The van der Waals surface area contributed by atoms with Crippen LogP contribution in [0.5, 0.6) is 0 Å². The molecule has 0 radical (unpaired) electrons. The lowest BCUT2D eigenvalue weighted by molar-refractivity contribution is 0.313. The van der Waals surface area contributed by atoms with E-state index in [0.29, 0.717) is 0 Å². The van der Waals surface area contributed by atoms with Crippen molar-refractivity contribution >= 4 is 11.3 Å². The maximum atomic E-state index is 4.61. The van der Waals surface area contributed by atoms with E-state index in [-0.39, 0.29) is 0 Å². The predicted molar refractivity (Wildman–Crippen MR) is 64.0 cm³/mol. The van der Waals surface area contributed by atoms with Crippen LogP contribution < -0.4 is 5.32 Å². The van der Waals surface area contributed by atoms with Crippen molar-refractivity contribution in [1.82, 2.24) is 15.2 Å². The van der Waals surface area contributed by atoms with Crippen molar-refractivity contribution in [3.05, 3.63) is 16.1 Å².